The van der Waals surface area contributed by atoms with Gasteiger partial charge in [-0.2, -0.15) is 5.26 Å². The Morgan fingerprint density at radius 1 is 1.17 bits per heavy atom. The summed E-state index contributed by atoms with van der Waals surface area (Å²) in [6, 6.07) is 2.69. The number of nitriles is 1. The van der Waals surface area contributed by atoms with Gasteiger partial charge in [0.1, 0.15) is 0 Å². The second kappa shape index (κ2) is 4.96. The molecular weight excluding hydrogens is 294 g/mol. The molecule has 0 aromatic heterocycles. The minimum absolute atomic E-state index is 0.300. The van der Waals surface area contributed by atoms with Crippen molar-refractivity contribution in [3.05, 3.63) is 11.6 Å². The third kappa shape index (κ3) is 1.80. The summed E-state index contributed by atoms with van der Waals surface area (Å²) < 4.78 is 0. The number of fused-ring (bicyclic) bond motifs is 6. The summed E-state index contributed by atoms with van der Waals surface area (Å²) in [7, 11) is 0. The monoisotopic (exact) mass is 323 g/mol. The van der Waals surface area contributed by atoms with Crippen LogP contribution in [-0.4, -0.2) is 5.78 Å². The van der Waals surface area contributed by atoms with Crippen molar-refractivity contribution in [2.24, 2.45) is 40.4 Å². The van der Waals surface area contributed by atoms with Crippen LogP contribution >= 0.6 is 0 Å². The van der Waals surface area contributed by atoms with Crippen LogP contribution in [-0.2, 0) is 4.79 Å². The van der Waals surface area contributed by atoms with Gasteiger partial charge in [-0.3, -0.25) is 4.79 Å². The maximum Gasteiger partial charge on any atom is 0.155 e. The van der Waals surface area contributed by atoms with Gasteiger partial charge in [0.2, 0.25) is 0 Å². The van der Waals surface area contributed by atoms with Crippen molar-refractivity contribution in [3.63, 3.8) is 0 Å². The van der Waals surface area contributed by atoms with Crippen molar-refractivity contribution in [2.45, 2.75) is 71.1 Å². The van der Waals surface area contributed by atoms with Gasteiger partial charge >= 0.3 is 0 Å². The van der Waals surface area contributed by atoms with E-state index >= 15 is 0 Å². The van der Waals surface area contributed by atoms with Crippen molar-refractivity contribution in [1.29, 1.82) is 5.26 Å². The van der Waals surface area contributed by atoms with E-state index in [-0.39, 0.29) is 0 Å². The van der Waals surface area contributed by atoms with Crippen molar-refractivity contribution in [2.75, 3.05) is 0 Å². The molecule has 5 rings (SSSR count). The van der Waals surface area contributed by atoms with Crippen LogP contribution in [0.25, 0.3) is 0 Å². The molecule has 4 fully saturated rings. The first kappa shape index (κ1) is 15.2. The lowest BCUT2D eigenvalue weighted by atomic mass is 9.48. The lowest BCUT2D eigenvalue weighted by molar-refractivity contribution is -0.116. The second-order valence-electron chi connectivity index (χ2n) is 9.51. The van der Waals surface area contributed by atoms with Crippen LogP contribution in [0.2, 0.25) is 0 Å². The summed E-state index contributed by atoms with van der Waals surface area (Å²) in [5.74, 6) is 3.79. The van der Waals surface area contributed by atoms with E-state index in [1.54, 1.807) is 5.57 Å². The number of nitrogens with zero attached hydrogens (tertiary/aromatic N) is 1. The molecule has 0 aliphatic heterocycles. The fourth-order valence-corrected chi connectivity index (χ4v) is 7.81. The van der Waals surface area contributed by atoms with Crippen LogP contribution in [0.5, 0.6) is 0 Å². The Kier molecular flexibility index (Phi) is 3.14. The van der Waals surface area contributed by atoms with Crippen LogP contribution in [0.15, 0.2) is 11.6 Å². The predicted molar refractivity (Wildman–Crippen MR) is 92.9 cm³/mol. The average molecular weight is 323 g/mol. The summed E-state index contributed by atoms with van der Waals surface area (Å²) >= 11 is 0. The molecule has 1 spiro atoms. The van der Waals surface area contributed by atoms with Gasteiger partial charge in [-0.05, 0) is 98.4 Å². The van der Waals surface area contributed by atoms with Gasteiger partial charge in [-0.15, -0.1) is 0 Å². The molecule has 0 bridgehead atoms. The van der Waals surface area contributed by atoms with Gasteiger partial charge in [0, 0.05) is 6.42 Å². The number of hydrogen-bond acceptors (Lipinski definition) is 2. The standard InChI is InChI=1S/C22H29NO/c1-2-22-8-7-16-17-5-4-15(24)11-20(17)21(9-10-21)12-18(16)19(22)6-3-14(22)13-23/h11,14,16-19H,2-10,12H2,1H3. The van der Waals surface area contributed by atoms with Gasteiger partial charge in [0.05, 0.1) is 12.0 Å². The Hall–Kier alpha value is -1.10. The summed E-state index contributed by atoms with van der Waals surface area (Å²) in [6.45, 7) is 2.34. The maximum absolute atomic E-state index is 12.0. The van der Waals surface area contributed by atoms with E-state index in [2.05, 4.69) is 19.1 Å². The third-order valence-electron chi connectivity index (χ3n) is 9.05. The van der Waals surface area contributed by atoms with E-state index in [4.69, 9.17) is 0 Å². The molecule has 24 heavy (non-hydrogen) atoms. The van der Waals surface area contributed by atoms with E-state index in [0.717, 1.165) is 37.0 Å². The molecule has 0 amide bonds. The minimum Gasteiger partial charge on any atom is -0.295 e. The highest BCUT2D eigenvalue weighted by atomic mass is 16.1. The van der Waals surface area contributed by atoms with Gasteiger partial charge in [0.25, 0.3) is 0 Å². The fourth-order valence-electron chi connectivity index (χ4n) is 7.81. The number of carbonyl (C=O) groups excluding carboxylic acids is 1. The van der Waals surface area contributed by atoms with Crippen LogP contribution < -0.4 is 0 Å². The zero-order valence-electron chi connectivity index (χ0n) is 14.9. The van der Waals surface area contributed by atoms with E-state index < -0.39 is 0 Å². The van der Waals surface area contributed by atoms with Gasteiger partial charge in [0.15, 0.2) is 5.78 Å². The first-order chi connectivity index (χ1) is 11.6. The lowest BCUT2D eigenvalue weighted by Crippen LogP contribution is -2.49. The average Bonchev–Trinajstić information content (AvgIpc) is 3.26. The zero-order chi connectivity index (χ0) is 16.5. The van der Waals surface area contributed by atoms with Crippen molar-refractivity contribution in [1.82, 2.24) is 0 Å². The highest BCUT2D eigenvalue weighted by Crippen LogP contribution is 2.72. The van der Waals surface area contributed by atoms with Crippen molar-refractivity contribution < 1.29 is 4.79 Å². The van der Waals surface area contributed by atoms with E-state index in [0.29, 0.717) is 28.4 Å². The first-order valence-corrected chi connectivity index (χ1v) is 10.3. The van der Waals surface area contributed by atoms with Gasteiger partial charge < -0.3 is 0 Å². The molecule has 5 aliphatic carbocycles. The minimum atomic E-state index is 0.300. The number of carbonyl (C=O) groups is 1. The summed E-state index contributed by atoms with van der Waals surface area (Å²) in [6.07, 6.45) is 14.1. The van der Waals surface area contributed by atoms with Gasteiger partial charge in [-0.25, -0.2) is 0 Å². The highest BCUT2D eigenvalue weighted by Gasteiger charge is 2.63. The first-order valence-electron chi connectivity index (χ1n) is 10.3. The number of ketones is 1. The van der Waals surface area contributed by atoms with Gasteiger partial charge in [-0.1, -0.05) is 12.5 Å². The quantitative estimate of drug-likeness (QED) is 0.677. The molecule has 6 unspecified atom stereocenters. The smallest absolute Gasteiger partial charge is 0.155 e. The summed E-state index contributed by atoms with van der Waals surface area (Å²) in [5, 5.41) is 9.73. The molecule has 0 aromatic rings. The molecule has 5 aliphatic rings. The number of rotatable bonds is 1. The topological polar surface area (TPSA) is 40.9 Å². The fraction of sp³-hybridized carbons (Fsp3) is 0.818. The van der Waals surface area contributed by atoms with E-state index in [9.17, 15) is 10.1 Å². The number of hydrogen-bond donors (Lipinski definition) is 0. The Labute approximate surface area is 145 Å². The molecule has 6 atom stereocenters. The normalized spacial score (nSPS) is 48.1. The van der Waals surface area contributed by atoms with Crippen LogP contribution in [0, 0.1) is 51.8 Å². The molecule has 128 valence electrons. The Morgan fingerprint density at radius 3 is 2.71 bits per heavy atom. The second-order valence-corrected chi connectivity index (χ2v) is 9.51. The molecule has 0 N–H and O–H groups in total. The molecule has 0 aromatic carbocycles. The van der Waals surface area contributed by atoms with Crippen molar-refractivity contribution in [3.8, 4) is 6.07 Å². The molecular formula is C22H29NO. The molecule has 0 radical (unpaired) electrons. The predicted octanol–water partition coefficient (Wildman–Crippen LogP) is 5.05. The van der Waals surface area contributed by atoms with Crippen LogP contribution in [0.4, 0.5) is 0 Å². The van der Waals surface area contributed by atoms with Crippen molar-refractivity contribution >= 4 is 5.78 Å². The zero-order valence-corrected chi connectivity index (χ0v) is 14.9. The molecule has 2 nitrogen and oxygen atoms in total. The molecule has 0 heterocycles. The lowest BCUT2D eigenvalue weighted by Gasteiger charge is -2.56. The van der Waals surface area contributed by atoms with Crippen LogP contribution in [0.3, 0.4) is 0 Å². The Morgan fingerprint density at radius 2 is 2.00 bits per heavy atom. The Balaban J connectivity index is 1.54. The Bertz CT molecular complexity index is 651. The largest absolute Gasteiger partial charge is 0.295 e. The molecule has 0 saturated heterocycles. The maximum atomic E-state index is 12.0. The summed E-state index contributed by atoms with van der Waals surface area (Å²) in [4.78, 5) is 12.0. The van der Waals surface area contributed by atoms with Crippen LogP contribution in [0.1, 0.15) is 71.1 Å². The molecule has 2 heteroatoms. The molecule has 4 saturated carbocycles. The third-order valence-corrected chi connectivity index (χ3v) is 9.05. The number of allylic oxidation sites excluding steroid dienone is 1. The summed E-state index contributed by atoms with van der Waals surface area (Å²) in [5.41, 5.74) is 2.29. The SMILES string of the molecule is CCC12CCC3C4CCC(=O)C=C4C4(CC4)CC3C1CCC2C#N. The van der Waals surface area contributed by atoms with E-state index in [1.165, 1.54) is 44.9 Å². The van der Waals surface area contributed by atoms with E-state index in [1.807, 2.05) is 0 Å². The highest BCUT2D eigenvalue weighted by molar-refractivity contribution is 5.91.